The lowest BCUT2D eigenvalue weighted by Crippen LogP contribution is -2.37. The summed E-state index contributed by atoms with van der Waals surface area (Å²) in [4.78, 5) is 25.5. The van der Waals surface area contributed by atoms with Gasteiger partial charge in [0.05, 0.1) is 12.1 Å². The number of hydrogen-bond acceptors (Lipinski definition) is 5. The summed E-state index contributed by atoms with van der Waals surface area (Å²) in [6, 6.07) is 10.1. The number of likely N-dealkylation sites (N-methyl/N-ethyl adjacent to an activating group) is 1. The van der Waals surface area contributed by atoms with Gasteiger partial charge in [-0.1, -0.05) is 12.1 Å². The molecule has 0 radical (unpaired) electrons. The zero-order chi connectivity index (χ0) is 19.9. The first kappa shape index (κ1) is 22.9. The van der Waals surface area contributed by atoms with Gasteiger partial charge in [-0.15, -0.1) is 23.7 Å². The minimum Gasteiger partial charge on any atom is -0.337 e. The van der Waals surface area contributed by atoms with Crippen LogP contribution in [0.15, 0.2) is 54.2 Å². The third-order valence-electron chi connectivity index (χ3n) is 4.25. The minimum atomic E-state index is -0.277. The third kappa shape index (κ3) is 6.88. The van der Waals surface area contributed by atoms with Gasteiger partial charge in [0, 0.05) is 43.0 Å². The number of halogens is 2. The van der Waals surface area contributed by atoms with E-state index < -0.39 is 0 Å². The highest BCUT2D eigenvalue weighted by atomic mass is 35.5. The monoisotopic (exact) mass is 434 g/mol. The summed E-state index contributed by atoms with van der Waals surface area (Å²) in [5.74, 6) is -0.269. The number of aromatic nitrogens is 2. The Kier molecular flexibility index (Phi) is 8.70. The van der Waals surface area contributed by atoms with E-state index in [0.717, 1.165) is 28.4 Å². The van der Waals surface area contributed by atoms with Crippen molar-refractivity contribution in [3.8, 4) is 10.6 Å². The Hall–Kier alpha value is -2.35. The van der Waals surface area contributed by atoms with Gasteiger partial charge in [-0.05, 0) is 43.9 Å². The standard InChI is InChI=1S/C21H23FN4OS.ClH/c1-25(2)10-11-26(14-16-5-7-18(22)8-6-16)20(27)12-19-15-28-21(24-19)17-4-3-9-23-13-17;/h3-9,13,15H,10-12,14H2,1-2H3;1H. The largest absolute Gasteiger partial charge is 0.337 e. The number of thiazole rings is 1. The van der Waals surface area contributed by atoms with E-state index in [1.165, 1.54) is 23.5 Å². The molecule has 0 unspecified atom stereocenters. The van der Waals surface area contributed by atoms with Crippen molar-refractivity contribution in [1.82, 2.24) is 19.8 Å². The predicted molar refractivity (Wildman–Crippen MR) is 117 cm³/mol. The number of carbonyl (C=O) groups is 1. The van der Waals surface area contributed by atoms with Crippen LogP contribution in [0.5, 0.6) is 0 Å². The van der Waals surface area contributed by atoms with E-state index in [9.17, 15) is 9.18 Å². The lowest BCUT2D eigenvalue weighted by atomic mass is 10.2. The smallest absolute Gasteiger partial charge is 0.228 e. The van der Waals surface area contributed by atoms with Gasteiger partial charge in [-0.2, -0.15) is 0 Å². The van der Waals surface area contributed by atoms with Gasteiger partial charge < -0.3 is 9.80 Å². The first-order valence-corrected chi connectivity index (χ1v) is 9.91. The van der Waals surface area contributed by atoms with Crippen LogP contribution in [0.4, 0.5) is 4.39 Å². The number of rotatable bonds is 8. The quantitative estimate of drug-likeness (QED) is 0.539. The Balaban J connectivity index is 0.00000300. The molecule has 0 N–H and O–H groups in total. The van der Waals surface area contributed by atoms with Crippen molar-refractivity contribution in [2.24, 2.45) is 0 Å². The van der Waals surface area contributed by atoms with E-state index in [1.54, 1.807) is 29.4 Å². The maximum atomic E-state index is 13.2. The van der Waals surface area contributed by atoms with E-state index in [2.05, 4.69) is 9.97 Å². The summed E-state index contributed by atoms with van der Waals surface area (Å²) >= 11 is 1.51. The Morgan fingerprint density at radius 3 is 2.55 bits per heavy atom. The van der Waals surface area contributed by atoms with Crippen molar-refractivity contribution >= 4 is 29.7 Å². The molecule has 0 aliphatic rings. The van der Waals surface area contributed by atoms with Crippen molar-refractivity contribution in [3.63, 3.8) is 0 Å². The summed E-state index contributed by atoms with van der Waals surface area (Å²) in [5.41, 5.74) is 2.60. The lowest BCUT2D eigenvalue weighted by Gasteiger charge is -2.24. The maximum Gasteiger partial charge on any atom is 0.228 e. The molecule has 0 bridgehead atoms. The number of pyridine rings is 1. The van der Waals surface area contributed by atoms with Crippen LogP contribution in [-0.2, 0) is 17.8 Å². The minimum absolute atomic E-state index is 0. The Labute approximate surface area is 180 Å². The van der Waals surface area contributed by atoms with Gasteiger partial charge in [0.1, 0.15) is 10.8 Å². The van der Waals surface area contributed by atoms with Crippen molar-refractivity contribution in [3.05, 3.63) is 71.2 Å². The zero-order valence-electron chi connectivity index (χ0n) is 16.4. The van der Waals surface area contributed by atoms with Crippen LogP contribution >= 0.6 is 23.7 Å². The van der Waals surface area contributed by atoms with Crippen LogP contribution in [0.1, 0.15) is 11.3 Å². The molecule has 0 atom stereocenters. The third-order valence-corrected chi connectivity index (χ3v) is 5.19. The fourth-order valence-electron chi connectivity index (χ4n) is 2.70. The molecule has 0 fully saturated rings. The Bertz CT molecular complexity index is 903. The topological polar surface area (TPSA) is 49.3 Å². The van der Waals surface area contributed by atoms with Crippen molar-refractivity contribution in [1.29, 1.82) is 0 Å². The molecule has 0 saturated heterocycles. The van der Waals surface area contributed by atoms with Gasteiger partial charge in [0.15, 0.2) is 0 Å². The molecule has 2 aromatic heterocycles. The van der Waals surface area contributed by atoms with Crippen LogP contribution < -0.4 is 0 Å². The number of nitrogens with zero attached hydrogens (tertiary/aromatic N) is 4. The molecular weight excluding hydrogens is 411 g/mol. The number of hydrogen-bond donors (Lipinski definition) is 0. The summed E-state index contributed by atoms with van der Waals surface area (Å²) in [5, 5.41) is 2.77. The molecule has 5 nitrogen and oxygen atoms in total. The molecule has 2 heterocycles. The molecule has 154 valence electrons. The first-order valence-electron chi connectivity index (χ1n) is 9.03. The normalized spacial score (nSPS) is 10.6. The fourth-order valence-corrected chi connectivity index (χ4v) is 3.51. The molecule has 0 spiro atoms. The lowest BCUT2D eigenvalue weighted by molar-refractivity contribution is -0.131. The summed E-state index contributed by atoms with van der Waals surface area (Å²) in [7, 11) is 3.95. The van der Waals surface area contributed by atoms with Gasteiger partial charge in [0.25, 0.3) is 0 Å². The second-order valence-electron chi connectivity index (χ2n) is 6.81. The molecule has 0 saturated carbocycles. The summed E-state index contributed by atoms with van der Waals surface area (Å²) < 4.78 is 13.2. The predicted octanol–water partition coefficient (Wildman–Crippen LogP) is 3.90. The van der Waals surface area contributed by atoms with E-state index in [4.69, 9.17) is 0 Å². The molecule has 1 amide bonds. The Morgan fingerprint density at radius 2 is 1.90 bits per heavy atom. The van der Waals surface area contributed by atoms with Crippen LogP contribution in [0.3, 0.4) is 0 Å². The molecule has 3 rings (SSSR count). The number of benzene rings is 1. The Morgan fingerprint density at radius 1 is 1.14 bits per heavy atom. The number of carbonyl (C=O) groups excluding carboxylic acids is 1. The van der Waals surface area contributed by atoms with Crippen LogP contribution in [0, 0.1) is 5.82 Å². The highest BCUT2D eigenvalue weighted by Crippen LogP contribution is 2.23. The van der Waals surface area contributed by atoms with E-state index in [0.29, 0.717) is 13.1 Å². The summed E-state index contributed by atoms with van der Waals surface area (Å²) in [6.07, 6.45) is 3.73. The highest BCUT2D eigenvalue weighted by Gasteiger charge is 2.17. The van der Waals surface area contributed by atoms with Crippen molar-refractivity contribution in [2.45, 2.75) is 13.0 Å². The van der Waals surface area contributed by atoms with Gasteiger partial charge in [-0.3, -0.25) is 9.78 Å². The van der Waals surface area contributed by atoms with Crippen LogP contribution in [0.25, 0.3) is 10.6 Å². The molecule has 0 aliphatic heterocycles. The fraction of sp³-hybridized carbons (Fsp3) is 0.286. The second-order valence-corrected chi connectivity index (χ2v) is 7.67. The molecule has 29 heavy (non-hydrogen) atoms. The zero-order valence-corrected chi connectivity index (χ0v) is 18.0. The van der Waals surface area contributed by atoms with Crippen LogP contribution in [0.2, 0.25) is 0 Å². The molecular formula is C21H24ClFN4OS. The van der Waals surface area contributed by atoms with Crippen molar-refractivity contribution in [2.75, 3.05) is 27.2 Å². The van der Waals surface area contributed by atoms with Crippen LogP contribution in [-0.4, -0.2) is 52.9 Å². The van der Waals surface area contributed by atoms with E-state index in [1.807, 2.05) is 36.5 Å². The SMILES string of the molecule is CN(C)CCN(Cc1ccc(F)cc1)C(=O)Cc1csc(-c2cccnc2)n1.Cl. The van der Waals surface area contributed by atoms with E-state index >= 15 is 0 Å². The van der Waals surface area contributed by atoms with Gasteiger partial charge >= 0.3 is 0 Å². The average Bonchev–Trinajstić information content (AvgIpc) is 3.15. The first-order chi connectivity index (χ1) is 13.5. The van der Waals surface area contributed by atoms with Crippen molar-refractivity contribution < 1.29 is 9.18 Å². The number of amides is 1. The van der Waals surface area contributed by atoms with Gasteiger partial charge in [-0.25, -0.2) is 9.37 Å². The molecule has 0 aliphatic carbocycles. The molecule has 8 heteroatoms. The second kappa shape index (κ2) is 11.0. The average molecular weight is 435 g/mol. The van der Waals surface area contributed by atoms with E-state index in [-0.39, 0.29) is 30.6 Å². The molecule has 3 aromatic rings. The highest BCUT2D eigenvalue weighted by molar-refractivity contribution is 7.13. The van der Waals surface area contributed by atoms with Gasteiger partial charge in [0.2, 0.25) is 5.91 Å². The summed E-state index contributed by atoms with van der Waals surface area (Å²) in [6.45, 7) is 1.81. The maximum absolute atomic E-state index is 13.2. The molecule has 1 aromatic carbocycles.